The Kier molecular flexibility index (Phi) is 5.45. The molecule has 1 heteroatoms. The zero-order valence-electron chi connectivity index (χ0n) is 12.8. The van der Waals surface area contributed by atoms with Crippen molar-refractivity contribution in [2.45, 2.75) is 58.9 Å². The normalized spacial score (nSPS) is 23.3. The average molecular weight is 259 g/mol. The summed E-state index contributed by atoms with van der Waals surface area (Å²) in [4.78, 5) is 0. The van der Waals surface area contributed by atoms with Gasteiger partial charge in [0.1, 0.15) is 0 Å². The van der Waals surface area contributed by atoms with Crippen molar-refractivity contribution in [1.29, 1.82) is 0 Å². The van der Waals surface area contributed by atoms with Crippen molar-refractivity contribution in [3.63, 3.8) is 0 Å². The van der Waals surface area contributed by atoms with Gasteiger partial charge in [0.2, 0.25) is 0 Å². The fourth-order valence-electron chi connectivity index (χ4n) is 2.90. The fourth-order valence-corrected chi connectivity index (χ4v) is 2.90. The summed E-state index contributed by atoms with van der Waals surface area (Å²) in [5.74, 6) is 1.75. The lowest BCUT2D eigenvalue weighted by molar-refractivity contribution is 0.463. The Labute approximate surface area is 118 Å². The first-order chi connectivity index (χ1) is 9.26. The molecule has 1 aliphatic carbocycles. The van der Waals surface area contributed by atoms with Gasteiger partial charge < -0.3 is 5.32 Å². The van der Waals surface area contributed by atoms with Gasteiger partial charge in [-0.25, -0.2) is 0 Å². The van der Waals surface area contributed by atoms with Crippen molar-refractivity contribution in [2.24, 2.45) is 11.8 Å². The van der Waals surface area contributed by atoms with Crippen molar-refractivity contribution in [2.75, 3.05) is 6.54 Å². The summed E-state index contributed by atoms with van der Waals surface area (Å²) in [6.07, 6.45) is 6.41. The van der Waals surface area contributed by atoms with Gasteiger partial charge >= 0.3 is 0 Å². The maximum absolute atomic E-state index is 3.74. The lowest BCUT2D eigenvalue weighted by Crippen LogP contribution is -2.24. The fraction of sp³-hybridized carbons (Fsp3) is 0.667. The number of nitrogens with one attached hydrogen (secondary N) is 1. The molecule has 0 amide bonds. The molecule has 1 N–H and O–H groups in total. The Morgan fingerprint density at radius 1 is 1.16 bits per heavy atom. The molecule has 19 heavy (non-hydrogen) atoms. The van der Waals surface area contributed by atoms with E-state index in [0.29, 0.717) is 6.04 Å². The lowest BCUT2D eigenvalue weighted by atomic mass is 9.98. The van der Waals surface area contributed by atoms with Gasteiger partial charge in [-0.05, 0) is 55.2 Å². The topological polar surface area (TPSA) is 12.0 Å². The van der Waals surface area contributed by atoms with Gasteiger partial charge in [-0.2, -0.15) is 0 Å². The summed E-state index contributed by atoms with van der Waals surface area (Å²) in [7, 11) is 0. The summed E-state index contributed by atoms with van der Waals surface area (Å²) in [6.45, 7) is 8.01. The van der Waals surface area contributed by atoms with E-state index in [-0.39, 0.29) is 0 Å². The summed E-state index contributed by atoms with van der Waals surface area (Å²) < 4.78 is 0. The molecular formula is C18H29N. The Balaban J connectivity index is 2.00. The number of aryl methyl sites for hydroxylation is 1. The maximum Gasteiger partial charge on any atom is 0.0351 e. The molecule has 1 saturated carbocycles. The predicted molar refractivity (Wildman–Crippen MR) is 83.4 cm³/mol. The van der Waals surface area contributed by atoms with E-state index in [0.717, 1.165) is 18.4 Å². The van der Waals surface area contributed by atoms with Crippen LogP contribution in [0.25, 0.3) is 0 Å². The van der Waals surface area contributed by atoms with E-state index in [1.807, 2.05) is 0 Å². The van der Waals surface area contributed by atoms with Gasteiger partial charge in [-0.3, -0.25) is 0 Å². The van der Waals surface area contributed by atoms with Gasteiger partial charge in [0.15, 0.2) is 0 Å². The quantitative estimate of drug-likeness (QED) is 0.712. The molecule has 2 rings (SSSR count). The zero-order chi connectivity index (χ0) is 13.7. The molecular weight excluding hydrogens is 230 g/mol. The SMILES string of the molecule is CCCCc1ccc(C(NCCC)C2CC2C)cc1. The van der Waals surface area contributed by atoms with E-state index in [1.165, 1.54) is 43.2 Å². The molecule has 1 aromatic rings. The van der Waals surface area contributed by atoms with E-state index in [4.69, 9.17) is 0 Å². The molecule has 0 heterocycles. The van der Waals surface area contributed by atoms with Gasteiger partial charge in [-0.1, -0.05) is 51.5 Å². The van der Waals surface area contributed by atoms with E-state index < -0.39 is 0 Å². The molecule has 0 saturated heterocycles. The lowest BCUT2D eigenvalue weighted by Gasteiger charge is -2.19. The van der Waals surface area contributed by atoms with Crippen LogP contribution in [0.4, 0.5) is 0 Å². The summed E-state index contributed by atoms with van der Waals surface area (Å²) in [6, 6.07) is 9.94. The monoisotopic (exact) mass is 259 g/mol. The number of rotatable bonds is 8. The summed E-state index contributed by atoms with van der Waals surface area (Å²) in [5.41, 5.74) is 2.98. The average Bonchev–Trinajstić information content (AvgIpc) is 3.15. The van der Waals surface area contributed by atoms with Crippen LogP contribution in [-0.4, -0.2) is 6.54 Å². The van der Waals surface area contributed by atoms with Crippen LogP contribution >= 0.6 is 0 Å². The van der Waals surface area contributed by atoms with Crippen molar-refractivity contribution in [3.8, 4) is 0 Å². The van der Waals surface area contributed by atoms with Crippen LogP contribution in [0, 0.1) is 11.8 Å². The molecule has 1 aromatic carbocycles. The molecule has 0 bridgehead atoms. The van der Waals surface area contributed by atoms with Crippen LogP contribution in [0.15, 0.2) is 24.3 Å². The van der Waals surface area contributed by atoms with Crippen LogP contribution in [0.3, 0.4) is 0 Å². The maximum atomic E-state index is 3.74. The molecule has 0 aromatic heterocycles. The van der Waals surface area contributed by atoms with Crippen LogP contribution in [0.2, 0.25) is 0 Å². The van der Waals surface area contributed by atoms with Gasteiger partial charge in [-0.15, -0.1) is 0 Å². The highest BCUT2D eigenvalue weighted by Gasteiger charge is 2.39. The third-order valence-corrected chi connectivity index (χ3v) is 4.37. The van der Waals surface area contributed by atoms with Gasteiger partial charge in [0, 0.05) is 6.04 Å². The van der Waals surface area contributed by atoms with Crippen molar-refractivity contribution in [1.82, 2.24) is 5.32 Å². The van der Waals surface area contributed by atoms with Crippen LogP contribution in [0.1, 0.15) is 63.6 Å². The number of hydrogen-bond acceptors (Lipinski definition) is 1. The van der Waals surface area contributed by atoms with E-state index >= 15 is 0 Å². The van der Waals surface area contributed by atoms with Crippen molar-refractivity contribution >= 4 is 0 Å². The molecule has 0 spiro atoms. The standard InChI is InChI=1S/C18H29N/c1-4-6-7-15-8-10-16(11-9-15)18(19-12-5-2)17-13-14(17)3/h8-11,14,17-19H,4-7,12-13H2,1-3H3. The summed E-state index contributed by atoms with van der Waals surface area (Å²) in [5, 5.41) is 3.74. The molecule has 1 nitrogen and oxygen atoms in total. The number of benzene rings is 1. The summed E-state index contributed by atoms with van der Waals surface area (Å²) >= 11 is 0. The first-order valence-electron chi connectivity index (χ1n) is 8.08. The van der Waals surface area contributed by atoms with Crippen LogP contribution < -0.4 is 5.32 Å². The second kappa shape index (κ2) is 7.09. The van der Waals surface area contributed by atoms with Gasteiger partial charge in [0.25, 0.3) is 0 Å². The van der Waals surface area contributed by atoms with E-state index in [1.54, 1.807) is 0 Å². The highest BCUT2D eigenvalue weighted by molar-refractivity contribution is 5.27. The molecule has 3 unspecified atom stereocenters. The molecule has 0 radical (unpaired) electrons. The van der Waals surface area contributed by atoms with E-state index in [2.05, 4.69) is 50.4 Å². The second-order valence-electron chi connectivity index (χ2n) is 6.15. The van der Waals surface area contributed by atoms with Gasteiger partial charge in [0.05, 0.1) is 0 Å². The molecule has 1 aliphatic rings. The minimum Gasteiger partial charge on any atom is -0.310 e. The smallest absolute Gasteiger partial charge is 0.0351 e. The molecule has 106 valence electrons. The first kappa shape index (κ1) is 14.6. The zero-order valence-corrected chi connectivity index (χ0v) is 12.8. The first-order valence-corrected chi connectivity index (χ1v) is 8.08. The van der Waals surface area contributed by atoms with Crippen molar-refractivity contribution < 1.29 is 0 Å². The molecule has 3 atom stereocenters. The van der Waals surface area contributed by atoms with Crippen LogP contribution in [0.5, 0.6) is 0 Å². The Hall–Kier alpha value is -0.820. The minimum absolute atomic E-state index is 0.579. The van der Waals surface area contributed by atoms with Crippen molar-refractivity contribution in [3.05, 3.63) is 35.4 Å². The van der Waals surface area contributed by atoms with E-state index in [9.17, 15) is 0 Å². The largest absolute Gasteiger partial charge is 0.310 e. The third kappa shape index (κ3) is 4.07. The third-order valence-electron chi connectivity index (χ3n) is 4.37. The minimum atomic E-state index is 0.579. The Morgan fingerprint density at radius 3 is 2.37 bits per heavy atom. The second-order valence-corrected chi connectivity index (χ2v) is 6.15. The Bertz CT molecular complexity index is 368. The number of unbranched alkanes of at least 4 members (excludes halogenated alkanes) is 1. The molecule has 1 fully saturated rings. The highest BCUT2D eigenvalue weighted by Crippen LogP contribution is 2.46. The predicted octanol–water partition coefficient (Wildman–Crippen LogP) is 4.73. The number of hydrogen-bond donors (Lipinski definition) is 1. The Morgan fingerprint density at radius 2 is 1.84 bits per heavy atom. The highest BCUT2D eigenvalue weighted by atomic mass is 14.9. The molecule has 0 aliphatic heterocycles. The van der Waals surface area contributed by atoms with Crippen LogP contribution in [-0.2, 0) is 6.42 Å².